The highest BCUT2D eigenvalue weighted by Crippen LogP contribution is 2.17. The molecule has 0 spiro atoms. The Morgan fingerprint density at radius 2 is 0.533 bits per heavy atom. The van der Waals surface area contributed by atoms with E-state index in [9.17, 15) is 46.0 Å². The highest BCUT2D eigenvalue weighted by molar-refractivity contribution is 4.71. The van der Waals surface area contributed by atoms with Gasteiger partial charge in [-0.2, -0.15) is 0 Å². The molecule has 0 heterocycles. The van der Waals surface area contributed by atoms with E-state index in [2.05, 4.69) is 34.6 Å². The van der Waals surface area contributed by atoms with Crippen LogP contribution in [0.2, 0.25) is 0 Å². The fourth-order valence-electron chi connectivity index (χ4n) is 10.5. The average molecular weight is 1750 g/mol. The van der Waals surface area contributed by atoms with Gasteiger partial charge in [0.2, 0.25) is 0 Å². The van der Waals surface area contributed by atoms with Crippen molar-refractivity contribution in [3.63, 3.8) is 0 Å². The van der Waals surface area contributed by atoms with Crippen LogP contribution in [0.1, 0.15) is 455 Å². The van der Waals surface area contributed by atoms with Gasteiger partial charge in [0.15, 0.2) is 0 Å². The fraction of sp³-hybridized carbons (Fsp3) is 1.00. The fourth-order valence-corrected chi connectivity index (χ4v) is 10.5. The molecular weight excluding hydrogens is 1540 g/mol. The smallest absolute Gasteiger partial charge is 0.0849 e. The van der Waals surface area contributed by atoms with Crippen LogP contribution in [0.3, 0.4) is 0 Å². The van der Waals surface area contributed by atoms with Gasteiger partial charge in [-0.1, -0.05) is 240 Å². The van der Waals surface area contributed by atoms with Crippen molar-refractivity contribution < 1.29 is 123 Å². The van der Waals surface area contributed by atoms with Crippen LogP contribution < -0.4 is 0 Å². The van der Waals surface area contributed by atoms with E-state index in [-0.39, 0.29) is 136 Å². The summed E-state index contributed by atoms with van der Waals surface area (Å²) in [7, 11) is 0. The van der Waals surface area contributed by atoms with Crippen molar-refractivity contribution in [2.24, 2.45) is 17.8 Å². The molecule has 0 amide bonds. The highest BCUT2D eigenvalue weighted by Gasteiger charge is 2.19. The van der Waals surface area contributed by atoms with E-state index in [4.69, 9.17) is 76.6 Å². The molecule has 744 valence electrons. The monoisotopic (exact) mass is 1750 g/mol. The number of rotatable bonds is 60. The maximum Gasteiger partial charge on any atom is 0.0849 e. The molecule has 0 aromatic carbocycles. The Hall–Kier alpha value is -0.960. The molecule has 0 aliphatic rings. The Labute approximate surface area is 740 Å². The topological polar surface area (TPSA) is 486 Å². The van der Waals surface area contributed by atoms with E-state index in [1.165, 1.54) is 12.8 Å². The van der Waals surface area contributed by atoms with Gasteiger partial charge < -0.3 is 123 Å². The van der Waals surface area contributed by atoms with Crippen LogP contribution in [0.4, 0.5) is 0 Å². The predicted octanol–water partition coefficient (Wildman–Crippen LogP) is 15.3. The summed E-state index contributed by atoms with van der Waals surface area (Å²) in [6, 6.07) is 0. The van der Waals surface area contributed by atoms with Gasteiger partial charge in [0, 0.05) is 31.7 Å². The molecule has 24 nitrogen and oxygen atoms in total. The summed E-state index contributed by atoms with van der Waals surface area (Å²) < 4.78 is 0. The minimum absolute atomic E-state index is 0.0338. The molecule has 120 heavy (non-hydrogen) atoms. The van der Waals surface area contributed by atoms with Gasteiger partial charge in [-0.15, -0.1) is 0 Å². The first-order valence-electron chi connectivity index (χ1n) is 48.3. The van der Waals surface area contributed by atoms with E-state index in [1.54, 1.807) is 41.5 Å². The summed E-state index contributed by atoms with van der Waals surface area (Å²) in [6.07, 6.45) is 33.4. The number of hydrogen-bond donors (Lipinski definition) is 24. The Morgan fingerprint density at radius 1 is 0.217 bits per heavy atom. The van der Waals surface area contributed by atoms with E-state index in [0.717, 1.165) is 225 Å². The third-order valence-electron chi connectivity index (χ3n) is 19.9. The lowest BCUT2D eigenvalue weighted by Gasteiger charge is -2.19. The van der Waals surface area contributed by atoms with Crippen molar-refractivity contribution in [1.29, 1.82) is 0 Å². The molecule has 21 unspecified atom stereocenters. The van der Waals surface area contributed by atoms with Gasteiger partial charge in [0.05, 0.1) is 128 Å². The molecule has 0 aromatic rings. The third kappa shape index (κ3) is 140. The molecule has 24 heteroatoms. The maximum absolute atomic E-state index is 9.30. The lowest BCUT2D eigenvalue weighted by molar-refractivity contribution is -0.00687. The lowest BCUT2D eigenvalue weighted by atomic mass is 10.00. The number of aliphatic hydroxyl groups excluding tert-OH is 23. The van der Waals surface area contributed by atoms with E-state index in [0.29, 0.717) is 51.4 Å². The van der Waals surface area contributed by atoms with Gasteiger partial charge >= 0.3 is 0 Å². The second-order valence-corrected chi connectivity index (χ2v) is 34.2. The molecule has 0 rings (SSSR count). The summed E-state index contributed by atoms with van der Waals surface area (Å²) in [6.45, 7) is 46.6. The van der Waals surface area contributed by atoms with Crippen LogP contribution in [0, 0.1) is 17.8 Å². The summed E-state index contributed by atoms with van der Waals surface area (Å²) in [5.74, 6) is 0.402. The van der Waals surface area contributed by atoms with Gasteiger partial charge in [-0.05, 0) is 221 Å². The summed E-state index contributed by atoms with van der Waals surface area (Å²) in [4.78, 5) is 0. The van der Waals surface area contributed by atoms with Crippen LogP contribution in [-0.4, -0.2) is 271 Å². The van der Waals surface area contributed by atoms with Crippen molar-refractivity contribution in [3.8, 4) is 0 Å². The number of aliphatic hydroxyl groups is 24. The maximum atomic E-state index is 9.30. The molecule has 0 aliphatic heterocycles. The Kier molecular flexibility index (Phi) is 135. The molecular formula is C96H216O24. The molecule has 21 atom stereocenters. The normalized spacial score (nSPS) is 16.4. The first-order valence-corrected chi connectivity index (χ1v) is 48.3. The Balaban J connectivity index is -0.000000106. The van der Waals surface area contributed by atoms with E-state index >= 15 is 0 Å². The van der Waals surface area contributed by atoms with Crippen LogP contribution >= 0.6 is 0 Å². The van der Waals surface area contributed by atoms with Crippen molar-refractivity contribution in [1.82, 2.24) is 0 Å². The second kappa shape index (κ2) is 112. The summed E-state index contributed by atoms with van der Waals surface area (Å²) in [5.41, 5.74) is -0.852. The summed E-state index contributed by atoms with van der Waals surface area (Å²) in [5, 5.41) is 217. The lowest BCUT2D eigenvalue weighted by Crippen LogP contribution is -2.28. The highest BCUT2D eigenvalue weighted by atomic mass is 16.3. The van der Waals surface area contributed by atoms with Gasteiger partial charge in [0.1, 0.15) is 0 Å². The van der Waals surface area contributed by atoms with Crippen LogP contribution in [-0.2, 0) is 0 Å². The molecule has 0 bridgehead atoms. The van der Waals surface area contributed by atoms with E-state index in [1.807, 2.05) is 90.0 Å². The Bertz CT molecular complexity index is 1690. The number of hydrogen-bond acceptors (Lipinski definition) is 24. The zero-order valence-corrected chi connectivity index (χ0v) is 82.6. The minimum atomic E-state index is -0.852. The molecule has 0 aliphatic carbocycles. The molecule has 0 radical (unpaired) electrons. The Morgan fingerprint density at radius 3 is 0.867 bits per heavy atom. The second-order valence-electron chi connectivity index (χ2n) is 34.2. The van der Waals surface area contributed by atoms with Gasteiger partial charge in [-0.25, -0.2) is 0 Å². The van der Waals surface area contributed by atoms with Crippen LogP contribution in [0.15, 0.2) is 0 Å². The van der Waals surface area contributed by atoms with Gasteiger partial charge in [0.25, 0.3) is 0 Å². The molecule has 0 fully saturated rings. The predicted molar refractivity (Wildman–Crippen MR) is 502 cm³/mol. The molecule has 0 aromatic heterocycles. The quantitative estimate of drug-likeness (QED) is 0.0251. The van der Waals surface area contributed by atoms with Crippen LogP contribution in [0.5, 0.6) is 0 Å². The molecule has 0 saturated heterocycles. The van der Waals surface area contributed by atoms with E-state index < -0.39 is 30.0 Å². The van der Waals surface area contributed by atoms with Crippen molar-refractivity contribution >= 4 is 0 Å². The first kappa shape index (κ1) is 145. The zero-order valence-electron chi connectivity index (χ0n) is 82.6. The van der Waals surface area contributed by atoms with Crippen molar-refractivity contribution in [2.45, 2.75) is 577 Å². The zero-order chi connectivity index (χ0) is 95.8. The molecule has 0 saturated carbocycles. The SMILES string of the molecule is CC(O)CCCCC(C)O.CCC(O)CC(O)C(C)C.CCC(O)CCC(O)CC.CCC(O)CCCC(C)O.CCCC(O)C(O)CCC.CCCC(O)CC(O)CC.CCCC(O)CCC(C)O.CCCCC(O)C(C)CO.CCCCC(O)C(O)CC.CCCCC(O)CC(C)O.CCCCCC(C)(O)CO.CCCCCC(CO)CO. The largest absolute Gasteiger partial charge is 0.396 e. The first-order chi connectivity index (χ1) is 56.2. The standard InChI is InChI=1S/12C8H18O2/c1-7(9)5-3-4-6-8(2)10;1-4-7(9)5-8(10)6(2)3;1-3-8(10)6-4-5-7(2)9;1-3-4-8(10)6-5-7(2)9;1-3-4-5-8(10)7(2)6-9;1-3-4-5-8(10)6-7(2)9;1-3-4-5-6-8(2,10)7-9;1-3-7(9)5-6-8(10)4-2;1-3-5-8(10)6-7(9)4-2;1-3-5-6-8(10)7(9)4-2;1-3-5-7(9)8(10)6-4-2;1-2-3-4-5-8(6-9)7-10/h7-10H,3-6H2,1-2H3;6-10H,4-5H2,1-3H3;4*7-10H,3-6H2,1-2H3;9-10H,3-7H2,1-2H3;4*7-10H,3-6H2,1-2H3;8-10H,2-7H2,1H3. The van der Waals surface area contributed by atoms with Crippen molar-refractivity contribution in [3.05, 3.63) is 0 Å². The number of unbranched alkanes of at least 4 members (excludes halogenated alkanes) is 8. The average Bonchev–Trinajstić information content (AvgIpc) is 0.959. The third-order valence-corrected chi connectivity index (χ3v) is 19.9. The van der Waals surface area contributed by atoms with Crippen LogP contribution in [0.25, 0.3) is 0 Å². The molecule has 24 N–H and O–H groups in total. The minimum Gasteiger partial charge on any atom is -0.396 e. The van der Waals surface area contributed by atoms with Crippen molar-refractivity contribution in [2.75, 3.05) is 26.4 Å². The summed E-state index contributed by atoms with van der Waals surface area (Å²) >= 11 is 0. The van der Waals surface area contributed by atoms with Gasteiger partial charge in [-0.3, -0.25) is 0 Å².